The molecular formula is C10H18O3. The van der Waals surface area contributed by atoms with Crippen molar-refractivity contribution in [2.75, 3.05) is 6.61 Å². The number of rotatable bonds is 3. The van der Waals surface area contributed by atoms with Gasteiger partial charge in [0, 0.05) is 6.61 Å². The molecule has 0 aromatic carbocycles. The molecule has 0 radical (unpaired) electrons. The normalized spacial score (nSPS) is 34.2. The Balaban J connectivity index is 1.76. The summed E-state index contributed by atoms with van der Waals surface area (Å²) in [7, 11) is 0. The van der Waals surface area contributed by atoms with Crippen LogP contribution < -0.4 is 0 Å². The quantitative estimate of drug-likeness (QED) is 0.725. The van der Waals surface area contributed by atoms with E-state index in [9.17, 15) is 5.11 Å². The Morgan fingerprint density at radius 2 is 2.23 bits per heavy atom. The lowest BCUT2D eigenvalue weighted by Crippen LogP contribution is -2.34. The van der Waals surface area contributed by atoms with E-state index in [-0.39, 0.29) is 12.4 Å². The Labute approximate surface area is 79.0 Å². The fourth-order valence-electron chi connectivity index (χ4n) is 1.71. The topological polar surface area (TPSA) is 38.7 Å². The standard InChI is InChI=1S/C10H18O3/c1-8(10(11)5-6-10)13-9-4-2-3-7-12-9/h8-9,11H,2-7H2,1H3/t8-,9?/m0/s1. The van der Waals surface area contributed by atoms with Gasteiger partial charge < -0.3 is 14.6 Å². The van der Waals surface area contributed by atoms with E-state index in [4.69, 9.17) is 9.47 Å². The van der Waals surface area contributed by atoms with Crippen LogP contribution in [0.3, 0.4) is 0 Å². The molecule has 0 bridgehead atoms. The van der Waals surface area contributed by atoms with Gasteiger partial charge in [0.25, 0.3) is 0 Å². The molecule has 2 rings (SSSR count). The first-order valence-corrected chi connectivity index (χ1v) is 5.20. The van der Waals surface area contributed by atoms with Gasteiger partial charge in [-0.25, -0.2) is 0 Å². The average Bonchev–Trinajstić information content (AvgIpc) is 2.87. The Kier molecular flexibility index (Phi) is 2.58. The molecule has 1 heterocycles. The third-order valence-electron chi connectivity index (χ3n) is 3.01. The number of ether oxygens (including phenoxy) is 2. The first-order chi connectivity index (χ1) is 6.21. The van der Waals surface area contributed by atoms with E-state index < -0.39 is 5.60 Å². The van der Waals surface area contributed by atoms with Crippen LogP contribution in [0.1, 0.15) is 39.0 Å². The molecule has 2 fully saturated rings. The molecule has 1 N–H and O–H groups in total. The highest BCUT2D eigenvalue weighted by Gasteiger charge is 2.47. The highest BCUT2D eigenvalue weighted by Crippen LogP contribution is 2.40. The van der Waals surface area contributed by atoms with Gasteiger partial charge in [-0.15, -0.1) is 0 Å². The summed E-state index contributed by atoms with van der Waals surface area (Å²) in [6.45, 7) is 2.74. The van der Waals surface area contributed by atoms with Crippen molar-refractivity contribution in [2.45, 2.75) is 57.0 Å². The fourth-order valence-corrected chi connectivity index (χ4v) is 1.71. The van der Waals surface area contributed by atoms with Gasteiger partial charge in [0.1, 0.15) is 0 Å². The predicted molar refractivity (Wildman–Crippen MR) is 48.3 cm³/mol. The van der Waals surface area contributed by atoms with Crippen LogP contribution in [0, 0.1) is 0 Å². The Morgan fingerprint density at radius 3 is 2.77 bits per heavy atom. The van der Waals surface area contributed by atoms with Crippen molar-refractivity contribution in [3.63, 3.8) is 0 Å². The summed E-state index contributed by atoms with van der Waals surface area (Å²) in [5.41, 5.74) is -0.541. The zero-order valence-corrected chi connectivity index (χ0v) is 8.16. The summed E-state index contributed by atoms with van der Waals surface area (Å²) >= 11 is 0. The molecule has 0 aromatic rings. The summed E-state index contributed by atoms with van der Waals surface area (Å²) < 4.78 is 11.1. The molecule has 76 valence electrons. The largest absolute Gasteiger partial charge is 0.387 e. The van der Waals surface area contributed by atoms with Gasteiger partial charge in [-0.05, 0) is 39.0 Å². The second kappa shape index (κ2) is 3.56. The average molecular weight is 186 g/mol. The molecule has 2 atom stereocenters. The fraction of sp³-hybridized carbons (Fsp3) is 1.00. The minimum atomic E-state index is -0.541. The van der Waals surface area contributed by atoms with Crippen LogP contribution in [0.15, 0.2) is 0 Å². The molecule has 0 aromatic heterocycles. The number of hydrogen-bond donors (Lipinski definition) is 1. The van der Waals surface area contributed by atoms with Gasteiger partial charge in [-0.3, -0.25) is 0 Å². The zero-order valence-electron chi connectivity index (χ0n) is 8.16. The van der Waals surface area contributed by atoms with Gasteiger partial charge >= 0.3 is 0 Å². The highest BCUT2D eigenvalue weighted by molar-refractivity contribution is 4.98. The van der Waals surface area contributed by atoms with Gasteiger partial charge in [-0.1, -0.05) is 0 Å². The summed E-state index contributed by atoms with van der Waals surface area (Å²) in [6, 6.07) is 0. The minimum Gasteiger partial charge on any atom is -0.387 e. The third kappa shape index (κ3) is 2.22. The van der Waals surface area contributed by atoms with Crippen LogP contribution in [-0.4, -0.2) is 29.7 Å². The van der Waals surface area contributed by atoms with Crippen molar-refractivity contribution < 1.29 is 14.6 Å². The van der Waals surface area contributed by atoms with E-state index in [0.29, 0.717) is 0 Å². The maximum atomic E-state index is 9.75. The highest BCUT2D eigenvalue weighted by atomic mass is 16.7. The van der Waals surface area contributed by atoms with Crippen LogP contribution in [-0.2, 0) is 9.47 Å². The maximum Gasteiger partial charge on any atom is 0.158 e. The molecule has 1 unspecified atom stereocenters. The van der Waals surface area contributed by atoms with Gasteiger partial charge in [-0.2, -0.15) is 0 Å². The molecule has 1 aliphatic carbocycles. The summed E-state index contributed by atoms with van der Waals surface area (Å²) in [4.78, 5) is 0. The predicted octanol–water partition coefficient (Wildman–Crippen LogP) is 1.44. The van der Waals surface area contributed by atoms with Gasteiger partial charge in [0.2, 0.25) is 0 Å². The monoisotopic (exact) mass is 186 g/mol. The molecule has 3 heteroatoms. The van der Waals surface area contributed by atoms with Crippen LogP contribution >= 0.6 is 0 Å². The molecule has 1 aliphatic heterocycles. The second-order valence-electron chi connectivity index (χ2n) is 4.18. The van der Waals surface area contributed by atoms with Crippen molar-refractivity contribution in [2.24, 2.45) is 0 Å². The van der Waals surface area contributed by atoms with Crippen LogP contribution in [0.25, 0.3) is 0 Å². The lowest BCUT2D eigenvalue weighted by molar-refractivity contribution is -0.206. The molecule has 1 saturated heterocycles. The lowest BCUT2D eigenvalue weighted by atomic mass is 10.2. The van der Waals surface area contributed by atoms with Crippen molar-refractivity contribution in [1.82, 2.24) is 0 Å². The van der Waals surface area contributed by atoms with E-state index in [1.54, 1.807) is 0 Å². The van der Waals surface area contributed by atoms with Gasteiger partial charge in [0.05, 0.1) is 11.7 Å². The summed E-state index contributed by atoms with van der Waals surface area (Å²) in [6.07, 6.45) is 4.89. The SMILES string of the molecule is C[C@H](OC1CCCCO1)C1(O)CC1. The van der Waals surface area contributed by atoms with Crippen molar-refractivity contribution in [1.29, 1.82) is 0 Å². The summed E-state index contributed by atoms with van der Waals surface area (Å²) in [5, 5.41) is 9.75. The molecule has 1 saturated carbocycles. The first kappa shape index (κ1) is 9.44. The Bertz CT molecular complexity index is 171. The molecule has 13 heavy (non-hydrogen) atoms. The maximum absolute atomic E-state index is 9.75. The first-order valence-electron chi connectivity index (χ1n) is 5.20. The van der Waals surface area contributed by atoms with E-state index in [2.05, 4.69) is 0 Å². The van der Waals surface area contributed by atoms with E-state index in [1.165, 1.54) is 6.42 Å². The Hall–Kier alpha value is -0.120. The molecule has 0 amide bonds. The van der Waals surface area contributed by atoms with Crippen molar-refractivity contribution in [3.05, 3.63) is 0 Å². The lowest BCUT2D eigenvalue weighted by Gasteiger charge is -2.28. The van der Waals surface area contributed by atoms with E-state index in [0.717, 1.165) is 32.3 Å². The Morgan fingerprint density at radius 1 is 1.46 bits per heavy atom. The molecular weight excluding hydrogens is 168 g/mol. The van der Waals surface area contributed by atoms with Gasteiger partial charge in [0.15, 0.2) is 6.29 Å². The summed E-state index contributed by atoms with van der Waals surface area (Å²) in [5.74, 6) is 0. The van der Waals surface area contributed by atoms with Crippen LogP contribution in [0.2, 0.25) is 0 Å². The van der Waals surface area contributed by atoms with Crippen LogP contribution in [0.5, 0.6) is 0 Å². The number of aliphatic hydroxyl groups is 1. The van der Waals surface area contributed by atoms with Crippen molar-refractivity contribution >= 4 is 0 Å². The molecule has 0 spiro atoms. The minimum absolute atomic E-state index is 0.0735. The smallest absolute Gasteiger partial charge is 0.158 e. The molecule has 3 nitrogen and oxygen atoms in total. The zero-order chi connectivity index (χ0) is 9.31. The van der Waals surface area contributed by atoms with Crippen molar-refractivity contribution in [3.8, 4) is 0 Å². The van der Waals surface area contributed by atoms with Crippen LogP contribution in [0.4, 0.5) is 0 Å². The van der Waals surface area contributed by atoms with E-state index in [1.807, 2.05) is 6.92 Å². The third-order valence-corrected chi connectivity index (χ3v) is 3.01. The van der Waals surface area contributed by atoms with E-state index >= 15 is 0 Å². The number of hydrogen-bond acceptors (Lipinski definition) is 3. The second-order valence-corrected chi connectivity index (χ2v) is 4.18. The molecule has 2 aliphatic rings.